The molecule has 3 heterocycles. The Morgan fingerprint density at radius 3 is 2.42 bits per heavy atom. The van der Waals surface area contributed by atoms with Crippen LogP contribution in [0.5, 0.6) is 0 Å². The van der Waals surface area contributed by atoms with E-state index in [2.05, 4.69) is 5.10 Å². The van der Waals surface area contributed by atoms with E-state index in [4.69, 9.17) is 9.40 Å². The van der Waals surface area contributed by atoms with Gasteiger partial charge in [-0.3, -0.25) is 4.79 Å². The van der Waals surface area contributed by atoms with Gasteiger partial charge in [0.2, 0.25) is 5.78 Å². The number of ketones is 1. The lowest BCUT2D eigenvalue weighted by Gasteiger charge is -2.04. The average molecular weight is 429 g/mol. The van der Waals surface area contributed by atoms with E-state index >= 15 is 0 Å². The third kappa shape index (κ3) is 3.31. The fraction of sp³-hybridized carbons (Fsp3) is 0.0357. The monoisotopic (exact) mass is 429 g/mol. The SMILES string of the molecule is Cc1ccc(C(=O)c2oc3ccccc3c2-c2ccn3nc(-c4ccccc4)cc3n2)cc1. The fourth-order valence-corrected chi connectivity index (χ4v) is 4.06. The van der Waals surface area contributed by atoms with Crippen molar-refractivity contribution in [1.82, 2.24) is 14.6 Å². The van der Waals surface area contributed by atoms with Crippen LogP contribution in [0.15, 0.2) is 102 Å². The normalized spacial score (nSPS) is 11.3. The summed E-state index contributed by atoms with van der Waals surface area (Å²) >= 11 is 0. The van der Waals surface area contributed by atoms with Gasteiger partial charge in [-0.25, -0.2) is 9.50 Å². The average Bonchev–Trinajstić information content (AvgIpc) is 3.46. The van der Waals surface area contributed by atoms with Gasteiger partial charge in [-0.05, 0) is 19.1 Å². The van der Waals surface area contributed by atoms with Crippen LogP contribution in [-0.4, -0.2) is 20.4 Å². The van der Waals surface area contributed by atoms with E-state index in [1.807, 2.05) is 104 Å². The number of aromatic nitrogens is 3. The highest BCUT2D eigenvalue weighted by atomic mass is 16.3. The van der Waals surface area contributed by atoms with E-state index in [9.17, 15) is 4.79 Å². The van der Waals surface area contributed by atoms with E-state index in [0.717, 1.165) is 22.2 Å². The van der Waals surface area contributed by atoms with Gasteiger partial charge in [-0.2, -0.15) is 5.10 Å². The Morgan fingerprint density at radius 2 is 1.61 bits per heavy atom. The number of carbonyl (C=O) groups excluding carboxylic acids is 1. The first-order valence-electron chi connectivity index (χ1n) is 10.7. The second kappa shape index (κ2) is 7.57. The van der Waals surface area contributed by atoms with E-state index in [1.165, 1.54) is 0 Å². The summed E-state index contributed by atoms with van der Waals surface area (Å²) in [6, 6.07) is 29.0. The molecule has 5 nitrogen and oxygen atoms in total. The van der Waals surface area contributed by atoms with Crippen molar-refractivity contribution in [3.05, 3.63) is 114 Å². The number of furan rings is 1. The third-order valence-electron chi connectivity index (χ3n) is 5.77. The van der Waals surface area contributed by atoms with Crippen LogP contribution in [0.3, 0.4) is 0 Å². The van der Waals surface area contributed by atoms with Crippen molar-refractivity contribution >= 4 is 22.4 Å². The molecule has 0 aliphatic heterocycles. The number of fused-ring (bicyclic) bond motifs is 2. The second-order valence-electron chi connectivity index (χ2n) is 8.01. The topological polar surface area (TPSA) is 60.4 Å². The van der Waals surface area contributed by atoms with Crippen LogP contribution < -0.4 is 0 Å². The molecular weight excluding hydrogens is 410 g/mol. The molecule has 0 N–H and O–H groups in total. The molecule has 0 unspecified atom stereocenters. The molecule has 0 atom stereocenters. The molecular formula is C28H19N3O2. The Hall–Kier alpha value is -4.51. The minimum absolute atomic E-state index is 0.165. The number of rotatable bonds is 4. The smallest absolute Gasteiger partial charge is 0.228 e. The molecule has 0 bridgehead atoms. The molecule has 0 fully saturated rings. The van der Waals surface area contributed by atoms with E-state index < -0.39 is 0 Å². The Morgan fingerprint density at radius 1 is 0.848 bits per heavy atom. The fourth-order valence-electron chi connectivity index (χ4n) is 4.06. The van der Waals surface area contributed by atoms with Gasteiger partial charge in [0, 0.05) is 28.8 Å². The second-order valence-corrected chi connectivity index (χ2v) is 8.01. The highest BCUT2D eigenvalue weighted by Gasteiger charge is 2.24. The summed E-state index contributed by atoms with van der Waals surface area (Å²) in [4.78, 5) is 18.3. The van der Waals surface area contributed by atoms with Gasteiger partial charge in [0.15, 0.2) is 11.4 Å². The maximum absolute atomic E-state index is 13.4. The molecule has 0 aliphatic rings. The number of hydrogen-bond acceptors (Lipinski definition) is 4. The van der Waals surface area contributed by atoms with Crippen molar-refractivity contribution in [3.63, 3.8) is 0 Å². The molecule has 6 aromatic rings. The van der Waals surface area contributed by atoms with Gasteiger partial charge in [-0.15, -0.1) is 0 Å². The summed E-state index contributed by atoms with van der Waals surface area (Å²) in [6.07, 6.45) is 1.87. The molecule has 3 aromatic carbocycles. The summed E-state index contributed by atoms with van der Waals surface area (Å²) in [5.41, 5.74) is 6.26. The molecule has 0 spiro atoms. The van der Waals surface area contributed by atoms with Crippen molar-refractivity contribution in [2.45, 2.75) is 6.92 Å². The van der Waals surface area contributed by atoms with Gasteiger partial charge in [0.1, 0.15) is 5.58 Å². The predicted octanol–water partition coefficient (Wildman–Crippen LogP) is 6.35. The summed E-state index contributed by atoms with van der Waals surface area (Å²) in [5.74, 6) is 0.126. The Labute approximate surface area is 189 Å². The molecule has 0 amide bonds. The quantitative estimate of drug-likeness (QED) is 0.306. The highest BCUT2D eigenvalue weighted by molar-refractivity contribution is 6.15. The van der Waals surface area contributed by atoms with Crippen LogP contribution >= 0.6 is 0 Å². The van der Waals surface area contributed by atoms with Crippen molar-refractivity contribution in [2.24, 2.45) is 0 Å². The van der Waals surface area contributed by atoms with Crippen LogP contribution in [0.25, 0.3) is 39.1 Å². The maximum Gasteiger partial charge on any atom is 0.228 e. The van der Waals surface area contributed by atoms with Crippen LogP contribution in [0.1, 0.15) is 21.7 Å². The summed E-state index contributed by atoms with van der Waals surface area (Å²) < 4.78 is 7.82. The lowest BCUT2D eigenvalue weighted by Crippen LogP contribution is -2.02. The first-order valence-corrected chi connectivity index (χ1v) is 10.7. The van der Waals surface area contributed by atoms with Gasteiger partial charge >= 0.3 is 0 Å². The van der Waals surface area contributed by atoms with Gasteiger partial charge in [0.05, 0.1) is 17.0 Å². The van der Waals surface area contributed by atoms with Crippen LogP contribution in [0.2, 0.25) is 0 Å². The number of para-hydroxylation sites is 1. The van der Waals surface area contributed by atoms with Gasteiger partial charge in [0.25, 0.3) is 0 Å². The van der Waals surface area contributed by atoms with Crippen LogP contribution in [-0.2, 0) is 0 Å². The zero-order valence-corrected chi connectivity index (χ0v) is 17.9. The van der Waals surface area contributed by atoms with Crippen molar-refractivity contribution in [1.29, 1.82) is 0 Å². The number of carbonyl (C=O) groups is 1. The van der Waals surface area contributed by atoms with Gasteiger partial charge < -0.3 is 4.42 Å². The molecule has 0 saturated heterocycles. The number of aryl methyl sites for hydroxylation is 1. The Bertz CT molecular complexity index is 1630. The summed E-state index contributed by atoms with van der Waals surface area (Å²) in [7, 11) is 0. The van der Waals surface area contributed by atoms with Crippen LogP contribution in [0.4, 0.5) is 0 Å². The molecule has 5 heteroatoms. The zero-order chi connectivity index (χ0) is 22.4. The molecule has 3 aromatic heterocycles. The molecule has 0 saturated carbocycles. The minimum atomic E-state index is -0.165. The van der Waals surface area contributed by atoms with Gasteiger partial charge in [-0.1, -0.05) is 78.4 Å². The minimum Gasteiger partial charge on any atom is -0.452 e. The Kier molecular flexibility index (Phi) is 4.40. The molecule has 6 rings (SSSR count). The van der Waals surface area contributed by atoms with Crippen LogP contribution in [0, 0.1) is 6.92 Å². The number of nitrogens with zero attached hydrogens (tertiary/aromatic N) is 3. The van der Waals surface area contributed by atoms with Crippen molar-refractivity contribution in [3.8, 4) is 22.5 Å². The first-order chi connectivity index (χ1) is 16.2. The molecule has 0 radical (unpaired) electrons. The highest BCUT2D eigenvalue weighted by Crippen LogP contribution is 2.35. The number of benzene rings is 3. The summed E-state index contributed by atoms with van der Waals surface area (Å²) in [5, 5.41) is 5.50. The summed E-state index contributed by atoms with van der Waals surface area (Å²) in [6.45, 7) is 2.00. The lowest BCUT2D eigenvalue weighted by molar-refractivity contribution is 0.101. The predicted molar refractivity (Wildman–Crippen MR) is 128 cm³/mol. The Balaban J connectivity index is 1.52. The standard InChI is InChI=1S/C28H19N3O2/c1-18-11-13-20(14-12-18)27(32)28-26(21-9-5-6-10-24(21)33-28)22-15-16-31-25(29-22)17-23(30-31)19-7-3-2-4-8-19/h2-17H,1H3. The molecule has 158 valence electrons. The molecule has 0 aliphatic carbocycles. The van der Waals surface area contributed by atoms with E-state index in [-0.39, 0.29) is 5.78 Å². The van der Waals surface area contributed by atoms with Crippen molar-refractivity contribution < 1.29 is 9.21 Å². The zero-order valence-electron chi connectivity index (χ0n) is 17.9. The first kappa shape index (κ1) is 19.2. The molecule has 33 heavy (non-hydrogen) atoms. The third-order valence-corrected chi connectivity index (χ3v) is 5.77. The largest absolute Gasteiger partial charge is 0.452 e. The maximum atomic E-state index is 13.4. The lowest BCUT2D eigenvalue weighted by atomic mass is 10.0. The number of hydrogen-bond donors (Lipinski definition) is 0. The van der Waals surface area contributed by atoms with E-state index in [0.29, 0.717) is 33.8 Å². The van der Waals surface area contributed by atoms with Crippen molar-refractivity contribution in [2.75, 3.05) is 0 Å². The van der Waals surface area contributed by atoms with E-state index in [1.54, 1.807) is 4.52 Å².